The summed E-state index contributed by atoms with van der Waals surface area (Å²) in [5.41, 5.74) is 0.967. The standard InChI is InChI=1S/C13H27.C6H4N3.Sn/c1-4-7-10-13(11-8-5-2)12-9-6-3;1-3-9-4-2-8-6(9)5-7-1;/h4-12H2,1-3H3;2-5H;. The Bertz CT molecular complexity index is 557. The van der Waals surface area contributed by atoms with Crippen molar-refractivity contribution in [2.45, 2.75) is 82.0 Å². The fourth-order valence-corrected chi connectivity index (χ4v) is 8.35. The molecule has 0 aliphatic carbocycles. The molecule has 0 aliphatic heterocycles. The van der Waals surface area contributed by atoms with Crippen molar-refractivity contribution in [1.29, 1.82) is 0 Å². The van der Waals surface area contributed by atoms with Crippen LogP contribution in [0.15, 0.2) is 24.8 Å². The molecule has 0 unspecified atom stereocenters. The van der Waals surface area contributed by atoms with E-state index < -0.39 is 21.1 Å². The summed E-state index contributed by atoms with van der Waals surface area (Å²) in [4.78, 5) is 9.10. The second-order valence-corrected chi connectivity index (χ2v) is 11.9. The first-order valence-electron chi connectivity index (χ1n) is 9.30. The molecule has 0 spiro atoms. The van der Waals surface area contributed by atoms with E-state index >= 15 is 0 Å². The van der Waals surface area contributed by atoms with Crippen molar-refractivity contribution in [2.24, 2.45) is 0 Å². The fraction of sp³-hybridized carbons (Fsp3) is 0.684. The van der Waals surface area contributed by atoms with Gasteiger partial charge in [-0.1, -0.05) is 0 Å². The average Bonchev–Trinajstić information content (AvgIpc) is 3.03. The molecule has 0 aromatic carbocycles. The van der Waals surface area contributed by atoms with E-state index in [-0.39, 0.29) is 0 Å². The van der Waals surface area contributed by atoms with E-state index in [1.54, 1.807) is 0 Å². The Hall–Kier alpha value is -0.581. The molecule has 2 rings (SSSR count). The van der Waals surface area contributed by atoms with Crippen molar-refractivity contribution in [2.75, 3.05) is 0 Å². The number of hydrogen-bond donors (Lipinski definition) is 0. The maximum absolute atomic E-state index is 4.78. The van der Waals surface area contributed by atoms with Crippen LogP contribution < -0.4 is 3.71 Å². The van der Waals surface area contributed by atoms with Crippen LogP contribution in [0.25, 0.3) is 5.65 Å². The molecule has 126 valence electrons. The summed E-state index contributed by atoms with van der Waals surface area (Å²) < 4.78 is 4.14. The van der Waals surface area contributed by atoms with Gasteiger partial charge in [-0.05, 0) is 0 Å². The maximum atomic E-state index is 4.78. The minimum atomic E-state index is -0.728. The van der Waals surface area contributed by atoms with E-state index in [0.29, 0.717) is 3.43 Å². The first-order chi connectivity index (χ1) is 11.2. The van der Waals surface area contributed by atoms with Gasteiger partial charge in [-0.15, -0.1) is 0 Å². The molecule has 2 aromatic heterocycles. The van der Waals surface area contributed by atoms with Gasteiger partial charge in [-0.2, -0.15) is 0 Å². The van der Waals surface area contributed by atoms with Gasteiger partial charge in [0, 0.05) is 0 Å². The van der Waals surface area contributed by atoms with Crippen molar-refractivity contribution in [3.05, 3.63) is 24.8 Å². The second kappa shape index (κ2) is 9.65. The van der Waals surface area contributed by atoms with E-state index in [0.717, 1.165) is 5.65 Å². The van der Waals surface area contributed by atoms with Crippen molar-refractivity contribution >= 4 is 30.5 Å². The second-order valence-electron chi connectivity index (χ2n) is 6.68. The van der Waals surface area contributed by atoms with Crippen molar-refractivity contribution in [3.63, 3.8) is 0 Å². The van der Waals surface area contributed by atoms with Crippen LogP contribution in [0.3, 0.4) is 0 Å². The number of rotatable bonds is 11. The third kappa shape index (κ3) is 5.47. The first-order valence-corrected chi connectivity index (χ1v) is 12.2. The van der Waals surface area contributed by atoms with Crippen LogP contribution in [0, 0.1) is 0 Å². The normalized spacial score (nSPS) is 12.1. The SMILES string of the molecule is CCCC[C](CCCC)(CCCC)[Sn][c]1cn2ccnc2cn1. The topological polar surface area (TPSA) is 30.2 Å². The van der Waals surface area contributed by atoms with Gasteiger partial charge in [0.15, 0.2) is 0 Å². The zero-order valence-corrected chi connectivity index (χ0v) is 17.9. The Labute approximate surface area is 151 Å². The molecule has 0 atom stereocenters. The van der Waals surface area contributed by atoms with Gasteiger partial charge in [-0.3, -0.25) is 0 Å². The molecule has 0 fully saturated rings. The molecule has 0 N–H and O–H groups in total. The van der Waals surface area contributed by atoms with Gasteiger partial charge in [0.2, 0.25) is 0 Å². The Balaban J connectivity index is 2.21. The summed E-state index contributed by atoms with van der Waals surface area (Å²) in [6, 6.07) is 0. The summed E-state index contributed by atoms with van der Waals surface area (Å²) in [6.07, 6.45) is 20.4. The molecule has 23 heavy (non-hydrogen) atoms. The zero-order chi connectivity index (χ0) is 16.5. The van der Waals surface area contributed by atoms with Gasteiger partial charge in [0.25, 0.3) is 0 Å². The van der Waals surface area contributed by atoms with Crippen LogP contribution in [-0.4, -0.2) is 35.5 Å². The van der Waals surface area contributed by atoms with E-state index in [1.165, 1.54) is 61.5 Å². The summed E-state index contributed by atoms with van der Waals surface area (Å²) in [6.45, 7) is 6.97. The van der Waals surface area contributed by atoms with E-state index in [2.05, 4.69) is 36.4 Å². The Morgan fingerprint density at radius 3 is 2.13 bits per heavy atom. The molecule has 0 saturated carbocycles. The predicted molar refractivity (Wildman–Crippen MR) is 99.6 cm³/mol. The molecule has 2 heterocycles. The molecular weight excluding hydrogens is 389 g/mol. The molecule has 2 radical (unpaired) electrons. The van der Waals surface area contributed by atoms with Gasteiger partial charge in [0.1, 0.15) is 0 Å². The number of hydrogen-bond acceptors (Lipinski definition) is 2. The van der Waals surface area contributed by atoms with Crippen LogP contribution in [0.1, 0.15) is 78.6 Å². The average molecular weight is 420 g/mol. The van der Waals surface area contributed by atoms with Crippen LogP contribution >= 0.6 is 0 Å². The molecule has 3 nitrogen and oxygen atoms in total. The van der Waals surface area contributed by atoms with Crippen LogP contribution in [-0.2, 0) is 0 Å². The number of aromatic nitrogens is 3. The van der Waals surface area contributed by atoms with Gasteiger partial charge in [0.05, 0.1) is 0 Å². The Kier molecular flexibility index (Phi) is 7.87. The van der Waals surface area contributed by atoms with Crippen molar-refractivity contribution in [3.8, 4) is 0 Å². The van der Waals surface area contributed by atoms with Crippen LogP contribution in [0.4, 0.5) is 0 Å². The summed E-state index contributed by atoms with van der Waals surface area (Å²) in [5.74, 6) is 0. The summed E-state index contributed by atoms with van der Waals surface area (Å²) in [7, 11) is 0. The molecular formula is C19H31N3Sn. The Morgan fingerprint density at radius 1 is 0.957 bits per heavy atom. The molecule has 0 amide bonds. The van der Waals surface area contributed by atoms with Crippen LogP contribution in [0.5, 0.6) is 0 Å². The third-order valence-corrected chi connectivity index (χ3v) is 9.82. The van der Waals surface area contributed by atoms with E-state index in [4.69, 9.17) is 4.98 Å². The zero-order valence-electron chi connectivity index (χ0n) is 15.0. The first kappa shape index (κ1) is 18.8. The number of unbranched alkanes of at least 4 members (excludes halogenated alkanes) is 3. The van der Waals surface area contributed by atoms with Crippen molar-refractivity contribution in [1.82, 2.24) is 14.4 Å². The molecule has 2 aromatic rings. The number of imidazole rings is 1. The monoisotopic (exact) mass is 421 g/mol. The molecule has 4 heteroatoms. The molecule has 0 saturated heterocycles. The Morgan fingerprint density at radius 2 is 1.57 bits per heavy atom. The van der Waals surface area contributed by atoms with E-state index in [1.807, 2.05) is 18.6 Å². The molecule has 0 aliphatic rings. The summed E-state index contributed by atoms with van der Waals surface area (Å²) in [5, 5.41) is 0. The molecule has 0 bridgehead atoms. The van der Waals surface area contributed by atoms with Gasteiger partial charge >= 0.3 is 152 Å². The quantitative estimate of drug-likeness (QED) is 0.490. The third-order valence-electron chi connectivity index (χ3n) is 4.70. The summed E-state index contributed by atoms with van der Waals surface area (Å²) >= 11 is -0.728. The number of nitrogens with zero attached hydrogens (tertiary/aromatic N) is 3. The predicted octanol–water partition coefficient (Wildman–Crippen LogP) is 4.79. The van der Waals surface area contributed by atoms with Crippen molar-refractivity contribution < 1.29 is 0 Å². The fourth-order valence-electron chi connectivity index (χ4n) is 3.27. The van der Waals surface area contributed by atoms with E-state index in [9.17, 15) is 0 Å². The number of fused-ring (bicyclic) bond motifs is 1. The van der Waals surface area contributed by atoms with Gasteiger partial charge < -0.3 is 0 Å². The van der Waals surface area contributed by atoms with Gasteiger partial charge in [-0.25, -0.2) is 0 Å². The van der Waals surface area contributed by atoms with Crippen LogP contribution in [0.2, 0.25) is 3.43 Å². The minimum absolute atomic E-state index is 0.604.